The molecule has 0 saturated heterocycles. The zero-order valence-electron chi connectivity index (χ0n) is 17.8. The number of nitrogens with zero attached hydrogens (tertiary/aromatic N) is 1. The molecule has 0 aromatic rings. The van der Waals surface area contributed by atoms with Crippen LogP contribution < -0.4 is 0 Å². The number of esters is 1. The van der Waals surface area contributed by atoms with E-state index in [4.69, 9.17) is 14.2 Å². The van der Waals surface area contributed by atoms with Gasteiger partial charge in [-0.15, -0.1) is 0 Å². The molecule has 0 N–H and O–H groups in total. The average Bonchev–Trinajstić information content (AvgIpc) is 2.65. The number of rotatable bonds is 18. The molecule has 0 saturated carbocycles. The largest absolute Gasteiger partial charge is 0.464 e. The Morgan fingerprint density at radius 2 is 1.22 bits per heavy atom. The Bertz CT molecular complexity index is 362. The van der Waals surface area contributed by atoms with Gasteiger partial charge in [0, 0.05) is 14.2 Å². The molecule has 160 valence electrons. The van der Waals surface area contributed by atoms with Crippen molar-refractivity contribution in [3.05, 3.63) is 0 Å². The van der Waals surface area contributed by atoms with E-state index in [9.17, 15) is 9.59 Å². The first-order valence-electron chi connectivity index (χ1n) is 10.6. The van der Waals surface area contributed by atoms with Crippen molar-refractivity contribution in [2.45, 2.75) is 84.0 Å². The summed E-state index contributed by atoms with van der Waals surface area (Å²) in [5.74, 6) is -0.399. The third kappa shape index (κ3) is 17.9. The lowest BCUT2D eigenvalue weighted by molar-refractivity contribution is -0.144. The van der Waals surface area contributed by atoms with Crippen LogP contribution in [0.15, 0.2) is 0 Å². The predicted molar refractivity (Wildman–Crippen MR) is 108 cm³/mol. The van der Waals surface area contributed by atoms with Gasteiger partial charge in [0.1, 0.15) is 13.2 Å². The maximum atomic E-state index is 11.7. The Labute approximate surface area is 165 Å². The smallest absolute Gasteiger partial charge is 0.410 e. The van der Waals surface area contributed by atoms with E-state index < -0.39 is 12.1 Å². The monoisotopic (exact) mass is 387 g/mol. The Kier molecular flexibility index (Phi) is 18.5. The zero-order valence-corrected chi connectivity index (χ0v) is 17.8. The number of methoxy groups -OCH3 is 1. The highest BCUT2D eigenvalue weighted by atomic mass is 16.6. The fourth-order valence-corrected chi connectivity index (χ4v) is 2.76. The van der Waals surface area contributed by atoms with E-state index in [1.165, 1.54) is 83.3 Å². The maximum Gasteiger partial charge on any atom is 0.410 e. The van der Waals surface area contributed by atoms with Crippen LogP contribution in [0.2, 0.25) is 0 Å². The number of carbonyl (C=O) groups is 2. The van der Waals surface area contributed by atoms with Crippen LogP contribution in [0.5, 0.6) is 0 Å². The van der Waals surface area contributed by atoms with Crippen LogP contribution in [0.1, 0.15) is 84.0 Å². The van der Waals surface area contributed by atoms with Gasteiger partial charge < -0.3 is 19.1 Å². The van der Waals surface area contributed by atoms with E-state index in [2.05, 4.69) is 6.92 Å². The third-order valence-corrected chi connectivity index (χ3v) is 4.45. The second-order valence-corrected chi connectivity index (χ2v) is 7.07. The molecule has 27 heavy (non-hydrogen) atoms. The summed E-state index contributed by atoms with van der Waals surface area (Å²) in [6.45, 7) is 3.09. The molecule has 0 aromatic carbocycles. The van der Waals surface area contributed by atoms with Gasteiger partial charge in [-0.05, 0) is 6.42 Å². The Hall–Kier alpha value is -1.30. The number of ether oxygens (including phenoxy) is 3. The summed E-state index contributed by atoms with van der Waals surface area (Å²) in [7, 11) is 3.05. The highest BCUT2D eigenvalue weighted by molar-refractivity contribution is 5.77. The lowest BCUT2D eigenvalue weighted by Gasteiger charge is -2.16. The minimum atomic E-state index is -0.547. The van der Waals surface area contributed by atoms with Crippen molar-refractivity contribution >= 4 is 12.1 Å². The lowest BCUT2D eigenvalue weighted by atomic mass is 10.1. The lowest BCUT2D eigenvalue weighted by Crippen LogP contribution is -2.34. The first kappa shape index (κ1) is 25.7. The number of amides is 1. The summed E-state index contributed by atoms with van der Waals surface area (Å²) in [5, 5.41) is 0. The quantitative estimate of drug-likeness (QED) is 0.246. The van der Waals surface area contributed by atoms with E-state index in [0.717, 1.165) is 12.8 Å². The minimum Gasteiger partial charge on any atom is -0.464 e. The van der Waals surface area contributed by atoms with Crippen molar-refractivity contribution in [3.8, 4) is 0 Å². The second kappa shape index (κ2) is 19.5. The zero-order chi connectivity index (χ0) is 20.2. The van der Waals surface area contributed by atoms with Gasteiger partial charge >= 0.3 is 12.1 Å². The van der Waals surface area contributed by atoms with Crippen LogP contribution in [0.4, 0.5) is 4.79 Å². The fourth-order valence-electron chi connectivity index (χ4n) is 2.76. The number of hydrogen-bond donors (Lipinski definition) is 0. The van der Waals surface area contributed by atoms with Gasteiger partial charge in [-0.25, -0.2) is 4.79 Å². The van der Waals surface area contributed by atoms with Gasteiger partial charge in [-0.1, -0.05) is 77.6 Å². The molecule has 1 amide bonds. The van der Waals surface area contributed by atoms with Crippen molar-refractivity contribution in [1.82, 2.24) is 4.90 Å². The van der Waals surface area contributed by atoms with Gasteiger partial charge in [-0.3, -0.25) is 4.79 Å². The molecule has 0 aromatic heterocycles. The molecule has 0 unspecified atom stereocenters. The number of unbranched alkanes of at least 4 members (excludes halogenated alkanes) is 11. The van der Waals surface area contributed by atoms with Crippen molar-refractivity contribution in [2.75, 3.05) is 40.5 Å². The third-order valence-electron chi connectivity index (χ3n) is 4.45. The molecular weight excluding hydrogens is 346 g/mol. The average molecular weight is 388 g/mol. The Morgan fingerprint density at radius 1 is 0.704 bits per heavy atom. The highest BCUT2D eigenvalue weighted by Crippen LogP contribution is 2.11. The van der Waals surface area contributed by atoms with Gasteiger partial charge in [0.25, 0.3) is 0 Å². The summed E-state index contributed by atoms with van der Waals surface area (Å²) in [6.07, 6.45) is 14.7. The molecule has 0 radical (unpaired) electrons. The van der Waals surface area contributed by atoms with E-state index in [1.807, 2.05) is 0 Å². The first-order valence-corrected chi connectivity index (χ1v) is 10.6. The Balaban J connectivity index is 3.39. The van der Waals surface area contributed by atoms with Gasteiger partial charge in [0.2, 0.25) is 0 Å². The van der Waals surface area contributed by atoms with E-state index in [0.29, 0.717) is 13.2 Å². The molecule has 0 aliphatic rings. The van der Waals surface area contributed by atoms with Crippen LogP contribution in [0.25, 0.3) is 0 Å². The van der Waals surface area contributed by atoms with Crippen molar-refractivity contribution in [1.29, 1.82) is 0 Å². The van der Waals surface area contributed by atoms with Crippen molar-refractivity contribution < 1.29 is 23.8 Å². The summed E-state index contributed by atoms with van der Waals surface area (Å²) < 4.78 is 14.9. The molecule has 6 nitrogen and oxygen atoms in total. The topological polar surface area (TPSA) is 65.1 Å². The summed E-state index contributed by atoms with van der Waals surface area (Å²) in [4.78, 5) is 24.5. The molecule has 0 fully saturated rings. The SMILES string of the molecule is CCCCCCCCCCCCCCOC(=O)CN(C)C(=O)OCCOC. The van der Waals surface area contributed by atoms with Crippen LogP contribution in [0.3, 0.4) is 0 Å². The van der Waals surface area contributed by atoms with E-state index in [-0.39, 0.29) is 13.2 Å². The van der Waals surface area contributed by atoms with Gasteiger partial charge in [0.05, 0.1) is 13.2 Å². The summed E-state index contributed by atoms with van der Waals surface area (Å²) in [6, 6.07) is 0. The Morgan fingerprint density at radius 3 is 1.74 bits per heavy atom. The van der Waals surface area contributed by atoms with Gasteiger partial charge in [-0.2, -0.15) is 0 Å². The van der Waals surface area contributed by atoms with Crippen LogP contribution in [0, 0.1) is 0 Å². The molecule has 0 rings (SSSR count). The highest BCUT2D eigenvalue weighted by Gasteiger charge is 2.14. The summed E-state index contributed by atoms with van der Waals surface area (Å²) in [5.41, 5.74) is 0. The second-order valence-electron chi connectivity index (χ2n) is 7.07. The molecule has 0 atom stereocenters. The van der Waals surface area contributed by atoms with Crippen molar-refractivity contribution in [3.63, 3.8) is 0 Å². The standard InChI is InChI=1S/C21H41NO5/c1-4-5-6-7-8-9-10-11-12-13-14-15-16-26-20(23)19-22(2)21(24)27-18-17-25-3/h4-19H2,1-3H3. The normalized spacial score (nSPS) is 10.6. The molecule has 0 aliphatic carbocycles. The molecule has 0 spiro atoms. The number of likely N-dealkylation sites (N-methyl/N-ethyl adjacent to an activating group) is 1. The minimum absolute atomic E-state index is 0.0932. The van der Waals surface area contributed by atoms with Crippen LogP contribution in [-0.2, 0) is 19.0 Å². The van der Waals surface area contributed by atoms with Crippen molar-refractivity contribution in [2.24, 2.45) is 0 Å². The molecule has 0 bridgehead atoms. The number of hydrogen-bond acceptors (Lipinski definition) is 5. The molecular formula is C21H41NO5. The molecule has 0 heterocycles. The van der Waals surface area contributed by atoms with Gasteiger partial charge in [0.15, 0.2) is 0 Å². The van der Waals surface area contributed by atoms with Crippen LogP contribution >= 0.6 is 0 Å². The molecule has 0 aliphatic heterocycles. The number of carbonyl (C=O) groups excluding carboxylic acids is 2. The molecule has 6 heteroatoms. The predicted octanol–water partition coefficient (Wildman–Crippen LogP) is 4.95. The summed E-state index contributed by atoms with van der Waals surface area (Å²) >= 11 is 0. The van der Waals surface area contributed by atoms with E-state index >= 15 is 0 Å². The van der Waals surface area contributed by atoms with E-state index in [1.54, 1.807) is 0 Å². The maximum absolute atomic E-state index is 11.7. The van der Waals surface area contributed by atoms with Crippen LogP contribution in [-0.4, -0.2) is 57.5 Å². The first-order chi connectivity index (χ1) is 13.1. The fraction of sp³-hybridized carbons (Fsp3) is 0.905.